The van der Waals surface area contributed by atoms with E-state index in [0.717, 1.165) is 30.6 Å². The Kier molecular flexibility index (Phi) is 7.24. The van der Waals surface area contributed by atoms with Crippen LogP contribution in [0.5, 0.6) is 0 Å². The van der Waals surface area contributed by atoms with Crippen LogP contribution < -0.4 is 5.32 Å². The monoisotopic (exact) mass is 441 g/mol. The van der Waals surface area contributed by atoms with Crippen LogP contribution in [0.3, 0.4) is 0 Å². The molecule has 0 aliphatic carbocycles. The van der Waals surface area contributed by atoms with Gasteiger partial charge < -0.3 is 14.5 Å². The van der Waals surface area contributed by atoms with Crippen LogP contribution in [0.25, 0.3) is 0 Å². The number of nitrogens with one attached hydrogen (secondary N) is 1. The van der Waals surface area contributed by atoms with Gasteiger partial charge in [-0.3, -0.25) is 9.69 Å². The number of benzene rings is 2. The average Bonchev–Trinajstić information content (AvgIpc) is 3.46. The van der Waals surface area contributed by atoms with E-state index in [4.69, 9.17) is 9.15 Å². The lowest BCUT2D eigenvalue weighted by Crippen LogP contribution is -2.32. The van der Waals surface area contributed by atoms with E-state index in [0.29, 0.717) is 32.1 Å². The fourth-order valence-corrected chi connectivity index (χ4v) is 3.69. The summed E-state index contributed by atoms with van der Waals surface area (Å²) in [5, 5.41) is 2.82. The van der Waals surface area contributed by atoms with Crippen LogP contribution in [-0.2, 0) is 24.4 Å². The van der Waals surface area contributed by atoms with Gasteiger partial charge in [-0.15, -0.1) is 0 Å². The van der Waals surface area contributed by atoms with Crippen LogP contribution in [-0.4, -0.2) is 35.0 Å². The maximum absolute atomic E-state index is 13.6. The number of hydrogen-bond donors (Lipinski definition) is 1. The highest BCUT2D eigenvalue weighted by atomic mass is 19.1. The van der Waals surface area contributed by atoms with Crippen LogP contribution >= 0.6 is 0 Å². The minimum Gasteiger partial charge on any atom is -0.447 e. The Morgan fingerprint density at radius 3 is 2.62 bits per heavy atom. The van der Waals surface area contributed by atoms with Crippen LogP contribution in [0.4, 0.5) is 8.78 Å². The van der Waals surface area contributed by atoms with Crippen molar-refractivity contribution in [2.45, 2.75) is 38.6 Å². The molecule has 2 heterocycles. The molecule has 8 heteroatoms. The molecule has 2 aromatic carbocycles. The zero-order chi connectivity index (χ0) is 22.3. The smallest absolute Gasteiger partial charge is 0.273 e. The summed E-state index contributed by atoms with van der Waals surface area (Å²) >= 11 is 0. The van der Waals surface area contributed by atoms with Gasteiger partial charge in [0.2, 0.25) is 5.89 Å². The molecule has 1 aromatic heterocycles. The van der Waals surface area contributed by atoms with Crippen molar-refractivity contribution in [3.63, 3.8) is 0 Å². The summed E-state index contributed by atoms with van der Waals surface area (Å²) in [7, 11) is 0. The molecule has 0 saturated carbocycles. The molecule has 1 atom stereocenters. The molecule has 3 aromatic rings. The second kappa shape index (κ2) is 10.5. The van der Waals surface area contributed by atoms with Crippen molar-refractivity contribution < 1.29 is 22.7 Å². The molecular weight excluding hydrogens is 416 g/mol. The van der Waals surface area contributed by atoms with Crippen molar-refractivity contribution in [2.75, 3.05) is 13.2 Å². The van der Waals surface area contributed by atoms with Gasteiger partial charge in [-0.2, -0.15) is 0 Å². The lowest BCUT2D eigenvalue weighted by molar-refractivity contribution is 0.0853. The fraction of sp³-hybridized carbons (Fsp3) is 0.333. The molecule has 0 radical (unpaired) electrons. The van der Waals surface area contributed by atoms with Gasteiger partial charge in [-0.1, -0.05) is 24.3 Å². The Hall–Kier alpha value is -3.10. The summed E-state index contributed by atoms with van der Waals surface area (Å²) < 4.78 is 38.0. The zero-order valence-electron chi connectivity index (χ0n) is 17.6. The van der Waals surface area contributed by atoms with Gasteiger partial charge in [0.05, 0.1) is 12.6 Å². The molecule has 1 aliphatic heterocycles. The third-order valence-electron chi connectivity index (χ3n) is 5.27. The fourth-order valence-electron chi connectivity index (χ4n) is 3.69. The number of hydrogen-bond acceptors (Lipinski definition) is 5. The Bertz CT molecular complexity index is 1030. The standard InChI is InChI=1S/C24H25F2N3O3/c25-19-8-6-17(7-9-19)13-29(14-18-3-1-4-20(26)11-18)15-23-28-22(16-32-23)24(30)27-12-21-5-2-10-31-21/h1,3-4,6-9,11,16,21H,2,5,10,12-15H2,(H,27,30). The number of aromatic nitrogens is 1. The molecule has 4 rings (SSSR count). The largest absolute Gasteiger partial charge is 0.447 e. The highest BCUT2D eigenvalue weighted by Gasteiger charge is 2.19. The van der Waals surface area contributed by atoms with E-state index >= 15 is 0 Å². The Labute approximate surface area is 185 Å². The SMILES string of the molecule is O=C(NCC1CCCO1)c1coc(CN(Cc2ccc(F)cc2)Cc2cccc(F)c2)n1. The predicted molar refractivity (Wildman–Crippen MR) is 114 cm³/mol. The first kappa shape index (κ1) is 22.1. The van der Waals surface area contributed by atoms with Gasteiger partial charge in [0.25, 0.3) is 5.91 Å². The van der Waals surface area contributed by atoms with Gasteiger partial charge >= 0.3 is 0 Å². The first-order valence-corrected chi connectivity index (χ1v) is 10.6. The molecule has 0 bridgehead atoms. The molecule has 6 nitrogen and oxygen atoms in total. The lowest BCUT2D eigenvalue weighted by Gasteiger charge is -2.21. The van der Waals surface area contributed by atoms with E-state index in [1.165, 1.54) is 30.5 Å². The number of nitrogens with zero attached hydrogens (tertiary/aromatic N) is 2. The summed E-state index contributed by atoms with van der Waals surface area (Å²) in [5.41, 5.74) is 1.88. The summed E-state index contributed by atoms with van der Waals surface area (Å²) in [6, 6.07) is 12.6. The second-order valence-electron chi connectivity index (χ2n) is 7.87. The van der Waals surface area contributed by atoms with Gasteiger partial charge in [-0.25, -0.2) is 13.8 Å². The van der Waals surface area contributed by atoms with Gasteiger partial charge in [0.1, 0.15) is 17.9 Å². The Morgan fingerprint density at radius 2 is 1.88 bits per heavy atom. The number of amides is 1. The molecule has 32 heavy (non-hydrogen) atoms. The Morgan fingerprint density at radius 1 is 1.06 bits per heavy atom. The Balaban J connectivity index is 1.42. The number of ether oxygens (including phenoxy) is 1. The second-order valence-corrected chi connectivity index (χ2v) is 7.87. The topological polar surface area (TPSA) is 67.6 Å². The van der Waals surface area contributed by atoms with Gasteiger partial charge in [0.15, 0.2) is 5.69 Å². The third-order valence-corrected chi connectivity index (χ3v) is 5.27. The molecule has 168 valence electrons. The van der Waals surface area contributed by atoms with E-state index in [1.54, 1.807) is 18.2 Å². The lowest BCUT2D eigenvalue weighted by atomic mass is 10.1. The van der Waals surface area contributed by atoms with E-state index in [2.05, 4.69) is 10.3 Å². The van der Waals surface area contributed by atoms with Crippen molar-refractivity contribution in [3.05, 3.63) is 89.1 Å². The van der Waals surface area contributed by atoms with Crippen molar-refractivity contribution in [1.82, 2.24) is 15.2 Å². The number of carbonyl (C=O) groups excluding carboxylic acids is 1. The molecule has 1 amide bonds. The summed E-state index contributed by atoms with van der Waals surface area (Å²) in [6.07, 6.45) is 3.31. The molecule has 0 spiro atoms. The molecular formula is C24H25F2N3O3. The number of carbonyl (C=O) groups is 1. The van der Waals surface area contributed by atoms with Crippen molar-refractivity contribution in [3.8, 4) is 0 Å². The summed E-state index contributed by atoms with van der Waals surface area (Å²) in [4.78, 5) is 18.7. The zero-order valence-corrected chi connectivity index (χ0v) is 17.6. The van der Waals surface area contributed by atoms with E-state index in [1.807, 2.05) is 11.0 Å². The minimum atomic E-state index is -0.314. The molecule has 1 fully saturated rings. The highest BCUT2D eigenvalue weighted by molar-refractivity contribution is 5.91. The quantitative estimate of drug-likeness (QED) is 0.542. The number of rotatable bonds is 9. The maximum Gasteiger partial charge on any atom is 0.273 e. The highest BCUT2D eigenvalue weighted by Crippen LogP contribution is 2.16. The molecule has 1 N–H and O–H groups in total. The summed E-state index contributed by atoms with van der Waals surface area (Å²) in [6.45, 7) is 2.37. The molecule has 1 aliphatic rings. The minimum absolute atomic E-state index is 0.0443. The van der Waals surface area contributed by atoms with Crippen LogP contribution in [0.15, 0.2) is 59.2 Å². The van der Waals surface area contributed by atoms with Crippen LogP contribution in [0, 0.1) is 11.6 Å². The molecule has 1 unspecified atom stereocenters. The summed E-state index contributed by atoms with van der Waals surface area (Å²) in [5.74, 6) is -0.571. The van der Waals surface area contributed by atoms with Gasteiger partial charge in [-0.05, 0) is 48.2 Å². The van der Waals surface area contributed by atoms with Crippen molar-refractivity contribution in [2.24, 2.45) is 0 Å². The molecule has 1 saturated heterocycles. The average molecular weight is 441 g/mol. The van der Waals surface area contributed by atoms with Crippen molar-refractivity contribution >= 4 is 5.91 Å². The maximum atomic E-state index is 13.6. The number of oxazole rings is 1. The van der Waals surface area contributed by atoms with Gasteiger partial charge in [0, 0.05) is 26.2 Å². The van der Waals surface area contributed by atoms with E-state index in [9.17, 15) is 13.6 Å². The predicted octanol–water partition coefficient (Wildman–Crippen LogP) is 4.06. The first-order chi connectivity index (χ1) is 15.5. The van der Waals surface area contributed by atoms with Crippen molar-refractivity contribution in [1.29, 1.82) is 0 Å². The normalized spacial score (nSPS) is 15.9. The third kappa shape index (κ3) is 6.21. The van der Waals surface area contributed by atoms with Crippen LogP contribution in [0.1, 0.15) is 40.3 Å². The van der Waals surface area contributed by atoms with Crippen LogP contribution in [0.2, 0.25) is 0 Å². The van der Waals surface area contributed by atoms with E-state index < -0.39 is 0 Å². The first-order valence-electron chi connectivity index (χ1n) is 10.6. The number of halogens is 2. The van der Waals surface area contributed by atoms with E-state index in [-0.39, 0.29) is 29.3 Å².